The zero-order valence-electron chi connectivity index (χ0n) is 19.5. The normalized spacial score (nSPS) is 30.0. The molecule has 1 saturated heterocycles. The van der Waals surface area contributed by atoms with Crippen molar-refractivity contribution in [2.24, 2.45) is 5.89 Å². The second-order valence-electron chi connectivity index (χ2n) is 5.34. The van der Waals surface area contributed by atoms with Gasteiger partial charge in [-0.3, -0.25) is 4.79 Å². The number of aromatic amines is 1. The third kappa shape index (κ3) is 2.84. The van der Waals surface area contributed by atoms with Gasteiger partial charge in [0.1, 0.15) is 21.9 Å². The summed E-state index contributed by atoms with van der Waals surface area (Å²) in [5.74, 6) is -2.47. The molecule has 23 heavy (non-hydrogen) atoms. The van der Waals surface area contributed by atoms with Gasteiger partial charge in [-0.1, -0.05) is 6.92 Å². The SMILES string of the molecule is [2H]c1nc(N([C@H]2CN(C(=O)C([2H])([2H])[N+]#[C-])CC[C@@]2([2H])C)C([2H])([2H])[2H])c2cc[nH]c2n1. The number of hydrogen-bond donors (Lipinski definition) is 1. The van der Waals surface area contributed by atoms with Gasteiger partial charge < -0.3 is 19.6 Å². The number of piperidine rings is 1. The van der Waals surface area contributed by atoms with Crippen LogP contribution in [0.4, 0.5) is 5.82 Å². The van der Waals surface area contributed by atoms with Crippen LogP contribution in [0.25, 0.3) is 15.9 Å². The van der Waals surface area contributed by atoms with Crippen molar-refractivity contribution in [3.05, 3.63) is 30.0 Å². The van der Waals surface area contributed by atoms with Gasteiger partial charge in [0.25, 0.3) is 6.50 Å². The molecular formula is C16H20N6O. The van der Waals surface area contributed by atoms with Crippen LogP contribution in [0, 0.1) is 12.5 Å². The Labute approximate surface area is 145 Å². The van der Waals surface area contributed by atoms with Crippen LogP contribution in [-0.2, 0) is 4.79 Å². The number of rotatable bonds is 3. The molecule has 0 bridgehead atoms. The molecule has 7 heteroatoms. The summed E-state index contributed by atoms with van der Waals surface area (Å²) in [5.41, 5.74) is 0.263. The van der Waals surface area contributed by atoms with Crippen molar-refractivity contribution in [1.82, 2.24) is 19.9 Å². The van der Waals surface area contributed by atoms with E-state index in [2.05, 4.69) is 19.8 Å². The molecule has 1 aliphatic heterocycles. The third-order valence-electron chi connectivity index (χ3n) is 4.00. The zero-order valence-corrected chi connectivity index (χ0v) is 12.5. The summed E-state index contributed by atoms with van der Waals surface area (Å²) in [6.45, 7) is 2.65. The number of carbonyl (C=O) groups excluding carboxylic acids is 1. The molecule has 0 aromatic carbocycles. The van der Waals surface area contributed by atoms with Gasteiger partial charge >= 0.3 is 5.91 Å². The molecule has 1 amide bonds. The molecule has 7 nitrogen and oxygen atoms in total. The van der Waals surface area contributed by atoms with Crippen LogP contribution in [0.15, 0.2) is 18.6 Å². The number of likely N-dealkylation sites (N-methyl/N-ethyl adjacent to an activating group) is 1. The molecule has 2 aromatic heterocycles. The quantitative estimate of drug-likeness (QED) is 0.872. The number of nitrogens with zero attached hydrogens (tertiary/aromatic N) is 5. The standard InChI is InChI=1S/C16H20N6O/c1-11-5-7-22(14(23)8-17-2)9-13(11)21(3)16-12-4-6-18-15(12)19-10-20-16/h4,6,10-11,13H,5,7-9H2,1,3H3,(H,18,19,20)/t11-,13+/m1/s1/i3D3,8D2,10D,11D. The van der Waals surface area contributed by atoms with Gasteiger partial charge in [-0.05, 0) is 18.4 Å². The molecule has 0 aliphatic carbocycles. The molecule has 0 saturated carbocycles. The van der Waals surface area contributed by atoms with E-state index in [9.17, 15) is 4.79 Å². The van der Waals surface area contributed by atoms with E-state index in [1.54, 1.807) is 13.0 Å². The molecule has 3 heterocycles. The van der Waals surface area contributed by atoms with Gasteiger partial charge in [-0.25, -0.2) is 16.5 Å². The first-order valence-electron chi connectivity index (χ1n) is 10.6. The molecule has 0 unspecified atom stereocenters. The summed E-state index contributed by atoms with van der Waals surface area (Å²) in [7, 11) is 0. The number of aromatic nitrogens is 3. The molecule has 1 aliphatic rings. The predicted molar refractivity (Wildman–Crippen MR) is 87.9 cm³/mol. The maximum atomic E-state index is 12.5. The second-order valence-corrected chi connectivity index (χ2v) is 5.34. The van der Waals surface area contributed by atoms with Crippen LogP contribution in [0.1, 0.15) is 22.9 Å². The van der Waals surface area contributed by atoms with Crippen LogP contribution in [-0.4, -0.2) is 58.4 Å². The van der Waals surface area contributed by atoms with Crippen molar-refractivity contribution in [2.75, 3.05) is 31.5 Å². The maximum Gasteiger partial charge on any atom is 0.302 e. The Hall–Kier alpha value is -2.62. The van der Waals surface area contributed by atoms with E-state index in [0.717, 1.165) is 9.80 Å². The number of amides is 1. The molecule has 1 N–H and O–H groups in total. The van der Waals surface area contributed by atoms with Gasteiger partial charge in [0.15, 0.2) is 0 Å². The molecule has 2 atom stereocenters. The highest BCUT2D eigenvalue weighted by Gasteiger charge is 2.33. The fourth-order valence-electron chi connectivity index (χ4n) is 2.69. The number of fused-ring (bicyclic) bond motifs is 1. The highest BCUT2D eigenvalue weighted by atomic mass is 16.2. The summed E-state index contributed by atoms with van der Waals surface area (Å²) in [6, 6.07) is 0.463. The number of nitrogens with one attached hydrogen (secondary N) is 1. The van der Waals surface area contributed by atoms with Gasteiger partial charge in [-0.15, -0.1) is 0 Å². The first-order chi connectivity index (χ1) is 13.8. The van der Waals surface area contributed by atoms with Crippen LogP contribution in [0.2, 0.25) is 0 Å². The summed E-state index contributed by atoms with van der Waals surface area (Å²) in [5, 5.41) is 0.345. The lowest BCUT2D eigenvalue weighted by Crippen LogP contribution is -2.53. The van der Waals surface area contributed by atoms with Crippen molar-refractivity contribution in [1.29, 1.82) is 0 Å². The topological polar surface area (TPSA) is 69.5 Å². The number of hydrogen-bond acceptors (Lipinski definition) is 4. The van der Waals surface area contributed by atoms with Crippen LogP contribution in [0.5, 0.6) is 0 Å². The number of anilines is 1. The Morgan fingerprint density at radius 2 is 2.65 bits per heavy atom. The first kappa shape index (κ1) is 8.87. The van der Waals surface area contributed by atoms with Crippen LogP contribution in [0.3, 0.4) is 0 Å². The predicted octanol–water partition coefficient (Wildman–Crippen LogP) is 1.55. The van der Waals surface area contributed by atoms with Crippen molar-refractivity contribution in [3.8, 4) is 0 Å². The largest absolute Gasteiger partial charge is 0.354 e. The maximum absolute atomic E-state index is 12.5. The number of H-pyrrole nitrogens is 1. The molecule has 1 fully saturated rings. The average Bonchev–Trinajstić information content (AvgIpc) is 3.09. The molecular weight excluding hydrogens is 292 g/mol. The molecule has 3 rings (SSSR count). The fourth-order valence-corrected chi connectivity index (χ4v) is 2.69. The lowest BCUT2D eigenvalue weighted by Gasteiger charge is -2.41. The summed E-state index contributed by atoms with van der Waals surface area (Å²) in [6.07, 6.45) is 1.19. The lowest BCUT2D eigenvalue weighted by atomic mass is 9.92. The Balaban J connectivity index is 2.11. The van der Waals surface area contributed by atoms with Crippen molar-refractivity contribution in [3.63, 3.8) is 0 Å². The zero-order chi connectivity index (χ0) is 22.5. The lowest BCUT2D eigenvalue weighted by molar-refractivity contribution is -0.130. The van der Waals surface area contributed by atoms with E-state index in [4.69, 9.17) is 16.2 Å². The van der Waals surface area contributed by atoms with Crippen molar-refractivity contribution >= 4 is 22.8 Å². The van der Waals surface area contributed by atoms with Crippen LogP contribution >= 0.6 is 0 Å². The van der Waals surface area contributed by atoms with E-state index in [1.165, 1.54) is 6.20 Å². The highest BCUT2D eigenvalue weighted by Crippen LogP contribution is 2.28. The molecule has 0 spiro atoms. The second kappa shape index (κ2) is 6.24. The van der Waals surface area contributed by atoms with Crippen molar-refractivity contribution in [2.45, 2.75) is 19.4 Å². The van der Waals surface area contributed by atoms with E-state index < -0.39 is 37.6 Å². The molecule has 0 radical (unpaired) electrons. The average molecular weight is 319 g/mol. The Kier molecular flexibility index (Phi) is 2.41. The molecule has 120 valence electrons. The highest BCUT2D eigenvalue weighted by molar-refractivity contribution is 5.87. The van der Waals surface area contributed by atoms with Gasteiger partial charge in [0.05, 0.1) is 11.4 Å². The van der Waals surface area contributed by atoms with Gasteiger partial charge in [0, 0.05) is 31.7 Å². The van der Waals surface area contributed by atoms with Gasteiger partial charge in [0.2, 0.25) is 0 Å². The minimum Gasteiger partial charge on any atom is -0.354 e. The van der Waals surface area contributed by atoms with E-state index in [-0.39, 0.29) is 31.0 Å². The Morgan fingerprint density at radius 3 is 3.43 bits per heavy atom. The fraction of sp³-hybridized carbons (Fsp3) is 0.500. The van der Waals surface area contributed by atoms with E-state index in [0.29, 0.717) is 5.39 Å². The number of likely N-dealkylation sites (tertiary alicyclic amines) is 1. The minimum absolute atomic E-state index is 0.0201. The van der Waals surface area contributed by atoms with Crippen LogP contribution < -0.4 is 4.90 Å². The number of carbonyl (C=O) groups is 1. The molecule has 2 aromatic rings. The first-order valence-corrected chi connectivity index (χ1v) is 7.07. The van der Waals surface area contributed by atoms with Gasteiger partial charge in [-0.2, -0.15) is 0 Å². The summed E-state index contributed by atoms with van der Waals surface area (Å²) in [4.78, 5) is 28.0. The van der Waals surface area contributed by atoms with E-state index >= 15 is 0 Å². The monoisotopic (exact) mass is 319 g/mol. The third-order valence-corrected chi connectivity index (χ3v) is 4.00. The minimum atomic E-state index is -2.78. The van der Waals surface area contributed by atoms with E-state index in [1.807, 2.05) is 0 Å². The summed E-state index contributed by atoms with van der Waals surface area (Å²) >= 11 is 0. The Morgan fingerprint density at radius 1 is 1.78 bits per heavy atom. The summed E-state index contributed by atoms with van der Waals surface area (Å²) < 4.78 is 56.0. The van der Waals surface area contributed by atoms with Crippen molar-refractivity contribution < 1.29 is 14.4 Å². The Bertz CT molecular complexity index is 1010. The smallest absolute Gasteiger partial charge is 0.302 e.